The van der Waals surface area contributed by atoms with Gasteiger partial charge in [-0.1, -0.05) is 5.56 Å². The van der Waals surface area contributed by atoms with Crippen molar-refractivity contribution in [2.24, 2.45) is 0 Å². The first-order chi connectivity index (χ1) is 8.57. The number of hydrogen-bond acceptors (Lipinski definition) is 4. The van der Waals surface area contributed by atoms with Gasteiger partial charge in [0.05, 0.1) is 11.3 Å². The Morgan fingerprint density at radius 1 is 1.26 bits per heavy atom. The van der Waals surface area contributed by atoms with E-state index in [0.29, 0.717) is 0 Å². The average Bonchev–Trinajstić information content (AvgIpc) is 2.96. The van der Waals surface area contributed by atoms with Crippen LogP contribution in [0.2, 0.25) is 0 Å². The van der Waals surface area contributed by atoms with Gasteiger partial charge in [0, 0.05) is 43.6 Å². The van der Waals surface area contributed by atoms with Crippen LogP contribution in [0.25, 0.3) is 21.6 Å². The molecule has 0 amide bonds. The molecule has 3 heterocycles. The van der Waals surface area contributed by atoms with E-state index >= 15 is 0 Å². The van der Waals surface area contributed by atoms with Crippen LogP contribution in [0.1, 0.15) is 20.8 Å². The van der Waals surface area contributed by atoms with Gasteiger partial charge in [-0.15, -0.1) is 11.3 Å². The van der Waals surface area contributed by atoms with Crippen LogP contribution in [-0.2, 0) is 25.6 Å². The largest absolute Gasteiger partial charge is 0.366 e. The fourth-order valence-electron chi connectivity index (χ4n) is 1.93. The van der Waals surface area contributed by atoms with Crippen molar-refractivity contribution in [3.63, 3.8) is 0 Å². The molecular formula is C13H13IrN4S-. The average molecular weight is 450 g/mol. The third kappa shape index (κ3) is 2.48. The predicted octanol–water partition coefficient (Wildman–Crippen LogP) is 3.11. The van der Waals surface area contributed by atoms with Gasteiger partial charge in [-0.2, -0.15) is 0 Å². The van der Waals surface area contributed by atoms with Crippen LogP contribution in [0.15, 0.2) is 24.1 Å². The molecular weight excluding hydrogens is 436 g/mol. The van der Waals surface area contributed by atoms with Gasteiger partial charge in [0.15, 0.2) is 0 Å². The minimum Gasteiger partial charge on any atom is -0.366 e. The van der Waals surface area contributed by atoms with Crippen molar-refractivity contribution in [1.82, 2.24) is 19.5 Å². The normalized spacial score (nSPS) is 11.5. The molecule has 0 aliphatic carbocycles. The number of imidazole rings is 1. The third-order valence-corrected chi connectivity index (χ3v) is 3.54. The number of aromatic nitrogens is 4. The van der Waals surface area contributed by atoms with Crippen molar-refractivity contribution in [1.29, 1.82) is 0 Å². The smallest absolute Gasteiger partial charge is 0.0675 e. The van der Waals surface area contributed by atoms with Gasteiger partial charge in [-0.25, -0.2) is 0 Å². The van der Waals surface area contributed by atoms with E-state index in [1.54, 1.807) is 23.7 Å². The second-order valence-corrected chi connectivity index (χ2v) is 5.99. The summed E-state index contributed by atoms with van der Waals surface area (Å²) in [5.41, 5.74) is 3.59. The number of pyridine rings is 1. The van der Waals surface area contributed by atoms with Crippen molar-refractivity contribution < 1.29 is 20.1 Å². The zero-order valence-corrected chi connectivity index (χ0v) is 14.1. The molecule has 3 aromatic rings. The fourth-order valence-corrected chi connectivity index (χ4v) is 2.58. The van der Waals surface area contributed by atoms with E-state index in [-0.39, 0.29) is 25.6 Å². The van der Waals surface area contributed by atoms with Gasteiger partial charge in [0.1, 0.15) is 0 Å². The first kappa shape index (κ1) is 14.3. The Morgan fingerprint density at radius 2 is 2.05 bits per heavy atom. The first-order valence-electron chi connectivity index (χ1n) is 5.71. The Balaban J connectivity index is 0.00000133. The van der Waals surface area contributed by atoms with Crippen LogP contribution in [-0.4, -0.2) is 19.5 Å². The topological polar surface area (TPSA) is 43.6 Å². The Morgan fingerprint density at radius 3 is 2.79 bits per heavy atom. The van der Waals surface area contributed by atoms with Gasteiger partial charge in [0.25, 0.3) is 0 Å². The zero-order chi connectivity index (χ0) is 12.8. The molecule has 6 heteroatoms. The van der Waals surface area contributed by atoms with Gasteiger partial charge in [-0.05, 0) is 37.9 Å². The zero-order valence-electron chi connectivity index (χ0n) is 10.8. The maximum atomic E-state index is 4.44. The summed E-state index contributed by atoms with van der Waals surface area (Å²) in [5.74, 6) is 0.867. The minimum absolute atomic E-state index is 0. The SMILES string of the molecule is CC(C)(C)n1ccnc1-c1[c-]ncc2scnc12.[Ir]. The predicted molar refractivity (Wildman–Crippen MR) is 72.5 cm³/mol. The number of thiazole rings is 1. The maximum Gasteiger partial charge on any atom is 0.0675 e. The van der Waals surface area contributed by atoms with Crippen molar-refractivity contribution in [2.45, 2.75) is 26.3 Å². The van der Waals surface area contributed by atoms with E-state index in [1.807, 2.05) is 11.7 Å². The summed E-state index contributed by atoms with van der Waals surface area (Å²) < 4.78 is 3.19. The first-order valence-corrected chi connectivity index (χ1v) is 6.59. The molecule has 0 N–H and O–H groups in total. The summed E-state index contributed by atoms with van der Waals surface area (Å²) in [5, 5.41) is 0. The Labute approximate surface area is 129 Å². The monoisotopic (exact) mass is 450 g/mol. The Kier molecular flexibility index (Phi) is 3.85. The van der Waals surface area contributed by atoms with Crippen LogP contribution in [0.3, 0.4) is 0 Å². The van der Waals surface area contributed by atoms with E-state index in [0.717, 1.165) is 21.6 Å². The number of hydrogen-bond donors (Lipinski definition) is 0. The van der Waals surface area contributed by atoms with Gasteiger partial charge in [0.2, 0.25) is 0 Å². The molecule has 0 unspecified atom stereocenters. The molecule has 0 aliphatic rings. The molecule has 0 saturated heterocycles. The van der Waals surface area contributed by atoms with Gasteiger partial charge >= 0.3 is 0 Å². The van der Waals surface area contributed by atoms with Gasteiger partial charge in [-0.3, -0.25) is 9.97 Å². The summed E-state index contributed by atoms with van der Waals surface area (Å²) in [6.45, 7) is 6.44. The van der Waals surface area contributed by atoms with E-state index in [2.05, 4.69) is 46.5 Å². The molecule has 3 rings (SSSR count). The summed E-state index contributed by atoms with van der Waals surface area (Å²) in [6.07, 6.45) is 8.60. The van der Waals surface area contributed by atoms with Crippen LogP contribution in [0.4, 0.5) is 0 Å². The van der Waals surface area contributed by atoms with E-state index in [1.165, 1.54) is 0 Å². The Hall–Kier alpha value is -1.10. The number of fused-ring (bicyclic) bond motifs is 1. The van der Waals surface area contributed by atoms with Crippen molar-refractivity contribution >= 4 is 21.6 Å². The Bertz CT molecular complexity index is 696. The van der Waals surface area contributed by atoms with Crippen LogP contribution >= 0.6 is 11.3 Å². The van der Waals surface area contributed by atoms with E-state index < -0.39 is 0 Å². The molecule has 4 nitrogen and oxygen atoms in total. The quantitative estimate of drug-likeness (QED) is 0.537. The molecule has 3 aromatic heterocycles. The summed E-state index contributed by atoms with van der Waals surface area (Å²) in [7, 11) is 0. The van der Waals surface area contributed by atoms with Crippen LogP contribution in [0, 0.1) is 6.20 Å². The molecule has 0 aromatic carbocycles. The summed E-state index contributed by atoms with van der Waals surface area (Å²) >= 11 is 1.58. The maximum absolute atomic E-state index is 4.44. The van der Waals surface area contributed by atoms with Crippen molar-refractivity contribution in [3.05, 3.63) is 30.3 Å². The molecule has 101 valence electrons. The summed E-state index contributed by atoms with van der Waals surface area (Å²) in [6, 6.07) is 0. The molecule has 19 heavy (non-hydrogen) atoms. The van der Waals surface area contributed by atoms with Crippen molar-refractivity contribution in [2.75, 3.05) is 0 Å². The second-order valence-electron chi connectivity index (χ2n) is 5.10. The number of rotatable bonds is 1. The van der Waals surface area contributed by atoms with E-state index in [4.69, 9.17) is 0 Å². The van der Waals surface area contributed by atoms with Crippen molar-refractivity contribution in [3.8, 4) is 11.4 Å². The van der Waals surface area contributed by atoms with Crippen LogP contribution < -0.4 is 0 Å². The molecule has 0 bridgehead atoms. The number of nitrogens with zero attached hydrogens (tertiary/aromatic N) is 4. The summed E-state index contributed by atoms with van der Waals surface area (Å²) in [4.78, 5) is 13.0. The third-order valence-electron chi connectivity index (χ3n) is 2.78. The second kappa shape index (κ2) is 5.12. The fraction of sp³-hybridized carbons (Fsp3) is 0.308. The van der Waals surface area contributed by atoms with Crippen LogP contribution in [0.5, 0.6) is 0 Å². The molecule has 0 aliphatic heterocycles. The molecule has 1 radical (unpaired) electrons. The minimum atomic E-state index is -0.0299. The van der Waals surface area contributed by atoms with Gasteiger partial charge < -0.3 is 9.55 Å². The molecule has 0 saturated carbocycles. The standard InChI is InChI=1S/C13H13N4S.Ir/c1-13(2,3)17-5-4-15-12(17)9-6-14-7-10-11(9)16-8-18-10;/h4-5,7-8H,1-3H3;/q-1;. The molecule has 0 atom stereocenters. The molecule has 0 spiro atoms. The van der Waals surface area contributed by atoms with E-state index in [9.17, 15) is 0 Å². The molecule has 0 fully saturated rings.